The summed E-state index contributed by atoms with van der Waals surface area (Å²) in [5, 5.41) is 9.50. The average Bonchev–Trinajstić information content (AvgIpc) is 2.76. The highest BCUT2D eigenvalue weighted by atomic mass is 16.5. The van der Waals surface area contributed by atoms with Crippen LogP contribution in [-0.2, 0) is 6.54 Å². The number of benzene rings is 2. The number of ether oxygens (including phenoxy) is 1. The molecule has 2 aromatic carbocycles. The Morgan fingerprint density at radius 1 is 1.14 bits per heavy atom. The Balaban J connectivity index is 1.96. The number of unbranched alkanes of at least 4 members (excludes halogenated alkanes) is 1. The number of hydrogen-bond donors (Lipinski definition) is 1. The maximum Gasteiger partial charge on any atom is 0.292 e. The van der Waals surface area contributed by atoms with Gasteiger partial charge in [0.05, 0.1) is 18.2 Å². The van der Waals surface area contributed by atoms with Crippen LogP contribution in [0.3, 0.4) is 0 Å². The zero-order valence-electron chi connectivity index (χ0n) is 16.8. The van der Waals surface area contributed by atoms with Gasteiger partial charge in [-0.3, -0.25) is 9.59 Å². The molecule has 0 saturated heterocycles. The van der Waals surface area contributed by atoms with Crippen LogP contribution in [-0.4, -0.2) is 28.5 Å². The van der Waals surface area contributed by atoms with E-state index in [0.29, 0.717) is 28.8 Å². The lowest BCUT2D eigenvalue weighted by molar-refractivity contribution is 0.0949. The molecule has 0 atom stereocenters. The first-order valence-electron chi connectivity index (χ1n) is 9.54. The molecule has 3 rings (SSSR count). The van der Waals surface area contributed by atoms with Crippen molar-refractivity contribution in [3.05, 3.63) is 70.1 Å². The number of carbonyl (C=O) groups excluding carboxylic acids is 1. The fourth-order valence-electron chi connectivity index (χ4n) is 3.05. The van der Waals surface area contributed by atoms with Crippen molar-refractivity contribution >= 4 is 22.4 Å². The van der Waals surface area contributed by atoms with E-state index in [0.717, 1.165) is 18.4 Å². The summed E-state index contributed by atoms with van der Waals surface area (Å²) >= 11 is 0. The summed E-state index contributed by atoms with van der Waals surface area (Å²) in [6.07, 6.45) is 1.72. The molecular weight excluding hydrogens is 368 g/mol. The van der Waals surface area contributed by atoms with Crippen molar-refractivity contribution in [2.75, 3.05) is 7.11 Å². The van der Waals surface area contributed by atoms with Gasteiger partial charge in [0.25, 0.3) is 11.5 Å². The van der Waals surface area contributed by atoms with Crippen LogP contribution in [0.25, 0.3) is 10.8 Å². The van der Waals surface area contributed by atoms with Crippen LogP contribution in [0.2, 0.25) is 0 Å². The zero-order valence-corrected chi connectivity index (χ0v) is 16.8. The third kappa shape index (κ3) is 4.34. The Labute approximate surface area is 169 Å². The van der Waals surface area contributed by atoms with E-state index in [-0.39, 0.29) is 11.3 Å². The van der Waals surface area contributed by atoms with E-state index in [9.17, 15) is 9.59 Å². The van der Waals surface area contributed by atoms with E-state index in [1.54, 1.807) is 38.3 Å². The molecular formula is C22H24N4O3. The lowest BCUT2D eigenvalue weighted by Crippen LogP contribution is -2.29. The molecule has 0 fully saturated rings. The van der Waals surface area contributed by atoms with Gasteiger partial charge >= 0.3 is 0 Å². The second kappa shape index (κ2) is 9.14. The second-order valence-electron chi connectivity index (χ2n) is 6.61. The molecule has 0 unspecified atom stereocenters. The van der Waals surface area contributed by atoms with Crippen LogP contribution in [0.4, 0.5) is 0 Å². The van der Waals surface area contributed by atoms with Gasteiger partial charge in [0.15, 0.2) is 5.69 Å². The number of carbonyl (C=O) groups is 1. The molecule has 7 heteroatoms. The Kier molecular flexibility index (Phi) is 6.39. The summed E-state index contributed by atoms with van der Waals surface area (Å²) in [4.78, 5) is 25.5. The first kappa shape index (κ1) is 20.3. The molecule has 29 heavy (non-hydrogen) atoms. The topological polar surface area (TPSA) is 85.6 Å². The van der Waals surface area contributed by atoms with E-state index in [1.165, 1.54) is 4.68 Å². The minimum Gasteiger partial charge on any atom is -0.496 e. The van der Waals surface area contributed by atoms with Crippen molar-refractivity contribution in [3.8, 4) is 5.75 Å². The van der Waals surface area contributed by atoms with Crippen LogP contribution < -0.4 is 15.7 Å². The lowest BCUT2D eigenvalue weighted by atomic mass is 10.1. The monoisotopic (exact) mass is 392 g/mol. The first-order valence-corrected chi connectivity index (χ1v) is 9.54. The van der Waals surface area contributed by atoms with Crippen molar-refractivity contribution in [1.82, 2.24) is 15.2 Å². The number of rotatable bonds is 7. The Morgan fingerprint density at radius 2 is 1.83 bits per heavy atom. The molecule has 0 aliphatic heterocycles. The molecule has 0 saturated carbocycles. The first-order chi connectivity index (χ1) is 14.1. The number of amides is 1. The fourth-order valence-corrected chi connectivity index (χ4v) is 3.05. The maximum absolute atomic E-state index is 12.9. The van der Waals surface area contributed by atoms with Gasteiger partial charge in [-0.15, -0.1) is 0 Å². The summed E-state index contributed by atoms with van der Waals surface area (Å²) in [7, 11) is 1.58. The van der Waals surface area contributed by atoms with Crippen molar-refractivity contribution in [3.63, 3.8) is 0 Å². The van der Waals surface area contributed by atoms with Gasteiger partial charge in [-0.2, -0.15) is 10.2 Å². The summed E-state index contributed by atoms with van der Waals surface area (Å²) in [6, 6.07) is 14.4. The Morgan fingerprint density at radius 3 is 2.55 bits per heavy atom. The summed E-state index contributed by atoms with van der Waals surface area (Å²) in [5.74, 6) is 0.195. The molecule has 1 N–H and O–H groups in total. The highest BCUT2D eigenvalue weighted by Gasteiger charge is 2.16. The maximum atomic E-state index is 12.9. The Hall–Kier alpha value is -3.48. The number of aromatic nitrogens is 2. The van der Waals surface area contributed by atoms with Gasteiger partial charge in [-0.1, -0.05) is 43.7 Å². The second-order valence-corrected chi connectivity index (χ2v) is 6.61. The van der Waals surface area contributed by atoms with Crippen LogP contribution in [0.5, 0.6) is 5.75 Å². The average molecular weight is 392 g/mol. The number of nitrogens with one attached hydrogen (secondary N) is 1. The van der Waals surface area contributed by atoms with Crippen molar-refractivity contribution in [2.45, 2.75) is 33.2 Å². The largest absolute Gasteiger partial charge is 0.496 e. The number of hydrogen-bond acceptors (Lipinski definition) is 5. The normalized spacial score (nSPS) is 11.5. The van der Waals surface area contributed by atoms with Crippen LogP contribution in [0.15, 0.2) is 58.4 Å². The molecule has 150 valence electrons. The number of para-hydroxylation sites is 1. The predicted octanol–water partition coefficient (Wildman–Crippen LogP) is 3.36. The zero-order chi connectivity index (χ0) is 20.8. The minimum absolute atomic E-state index is 0.174. The van der Waals surface area contributed by atoms with Gasteiger partial charge in [0.1, 0.15) is 5.75 Å². The molecule has 1 heterocycles. The highest BCUT2D eigenvalue weighted by Crippen LogP contribution is 2.18. The van der Waals surface area contributed by atoms with Gasteiger partial charge in [-0.05, 0) is 31.5 Å². The predicted molar refractivity (Wildman–Crippen MR) is 114 cm³/mol. The summed E-state index contributed by atoms with van der Waals surface area (Å²) < 4.78 is 6.70. The van der Waals surface area contributed by atoms with Gasteiger partial charge < -0.3 is 4.74 Å². The fraction of sp³-hybridized carbons (Fsp3) is 0.273. The smallest absolute Gasteiger partial charge is 0.292 e. The molecule has 3 aromatic rings. The number of nitrogens with zero attached hydrogens (tertiary/aromatic N) is 3. The van der Waals surface area contributed by atoms with E-state index in [2.05, 4.69) is 15.6 Å². The summed E-state index contributed by atoms with van der Waals surface area (Å²) in [5.41, 5.74) is 3.91. The molecule has 0 aliphatic rings. The highest BCUT2D eigenvalue weighted by molar-refractivity contribution is 6.06. The van der Waals surface area contributed by atoms with Crippen molar-refractivity contribution < 1.29 is 9.53 Å². The van der Waals surface area contributed by atoms with E-state index in [4.69, 9.17) is 4.74 Å². The third-order valence-electron chi connectivity index (χ3n) is 4.63. The number of fused-ring (bicyclic) bond motifs is 1. The summed E-state index contributed by atoms with van der Waals surface area (Å²) in [6.45, 7) is 4.28. The number of methoxy groups -OCH3 is 1. The van der Waals surface area contributed by atoms with Gasteiger partial charge in [-0.25, -0.2) is 10.1 Å². The van der Waals surface area contributed by atoms with E-state index >= 15 is 0 Å². The SMILES string of the molecule is CCCCn1nc(C(=O)N/N=C(/C)c2ccccc2OC)c2ccccc2c1=O. The lowest BCUT2D eigenvalue weighted by Gasteiger charge is -2.10. The number of aryl methyl sites for hydroxylation is 1. The third-order valence-corrected chi connectivity index (χ3v) is 4.63. The van der Waals surface area contributed by atoms with Gasteiger partial charge in [0, 0.05) is 17.5 Å². The standard InChI is InChI=1S/C22H24N4O3/c1-4-5-14-26-22(28)18-12-7-6-11-17(18)20(25-26)21(27)24-23-15(2)16-10-8-9-13-19(16)29-3/h6-13H,4-5,14H2,1-3H3,(H,24,27)/b23-15-. The molecule has 0 radical (unpaired) electrons. The molecule has 7 nitrogen and oxygen atoms in total. The van der Waals surface area contributed by atoms with Crippen LogP contribution in [0.1, 0.15) is 42.7 Å². The van der Waals surface area contributed by atoms with E-state index in [1.807, 2.05) is 31.2 Å². The van der Waals surface area contributed by atoms with Crippen molar-refractivity contribution in [2.24, 2.45) is 5.10 Å². The molecule has 0 spiro atoms. The van der Waals surface area contributed by atoms with Crippen LogP contribution in [0, 0.1) is 0 Å². The quantitative estimate of drug-likeness (QED) is 0.493. The Bertz CT molecular complexity index is 1120. The van der Waals surface area contributed by atoms with Gasteiger partial charge in [0.2, 0.25) is 0 Å². The van der Waals surface area contributed by atoms with Crippen molar-refractivity contribution in [1.29, 1.82) is 0 Å². The molecule has 1 amide bonds. The molecule has 0 aliphatic carbocycles. The molecule has 1 aromatic heterocycles. The number of hydrazone groups is 1. The molecule has 0 bridgehead atoms. The van der Waals surface area contributed by atoms with E-state index < -0.39 is 5.91 Å². The minimum atomic E-state index is -0.472. The van der Waals surface area contributed by atoms with Crippen LogP contribution >= 0.6 is 0 Å².